The summed E-state index contributed by atoms with van der Waals surface area (Å²) in [4.78, 5) is 0. The highest BCUT2D eigenvalue weighted by Gasteiger charge is 1.94. The number of hydrogen-bond acceptors (Lipinski definition) is 2. The second-order valence-electron chi connectivity index (χ2n) is 3.59. The Morgan fingerprint density at radius 1 is 1.46 bits per heavy atom. The highest BCUT2D eigenvalue weighted by Crippen LogP contribution is 2.04. The molecule has 0 radical (unpaired) electrons. The van der Waals surface area contributed by atoms with Crippen molar-refractivity contribution in [3.63, 3.8) is 0 Å². The molecule has 13 heavy (non-hydrogen) atoms. The van der Waals surface area contributed by atoms with Crippen molar-refractivity contribution >= 4 is 0 Å². The smallest absolute Gasteiger partial charge is 0.0519 e. The summed E-state index contributed by atoms with van der Waals surface area (Å²) in [6, 6.07) is 0. The van der Waals surface area contributed by atoms with Gasteiger partial charge in [-0.1, -0.05) is 11.6 Å². The van der Waals surface area contributed by atoms with E-state index in [4.69, 9.17) is 9.84 Å². The molecular formula is C11H22O2. The average molecular weight is 186 g/mol. The first kappa shape index (κ1) is 12.7. The highest BCUT2D eigenvalue weighted by atomic mass is 16.5. The van der Waals surface area contributed by atoms with E-state index < -0.39 is 0 Å². The molecule has 1 N–H and O–H groups in total. The Hall–Kier alpha value is -0.340. The molecule has 2 nitrogen and oxygen atoms in total. The van der Waals surface area contributed by atoms with Crippen LogP contribution in [0.25, 0.3) is 0 Å². The van der Waals surface area contributed by atoms with Crippen molar-refractivity contribution in [1.29, 1.82) is 0 Å². The molecule has 0 amide bonds. The van der Waals surface area contributed by atoms with Gasteiger partial charge in [0.25, 0.3) is 0 Å². The van der Waals surface area contributed by atoms with Crippen molar-refractivity contribution in [2.45, 2.75) is 46.1 Å². The Kier molecular flexibility index (Phi) is 8.05. The molecule has 78 valence electrons. The Labute approximate surface area is 81.6 Å². The summed E-state index contributed by atoms with van der Waals surface area (Å²) in [6.45, 7) is 7.29. The van der Waals surface area contributed by atoms with Crippen molar-refractivity contribution in [3.05, 3.63) is 11.6 Å². The number of aliphatic hydroxyl groups excluding tert-OH is 1. The van der Waals surface area contributed by atoms with Gasteiger partial charge in [-0.2, -0.15) is 0 Å². The molecule has 0 bridgehead atoms. The first-order chi connectivity index (χ1) is 6.16. The van der Waals surface area contributed by atoms with Crippen LogP contribution in [0.5, 0.6) is 0 Å². The Bertz CT molecular complexity index is 139. The fourth-order valence-corrected chi connectivity index (χ4v) is 0.997. The molecule has 0 aliphatic rings. The molecule has 0 fully saturated rings. The number of allylic oxidation sites excluding steroid dienone is 1. The Balaban J connectivity index is 3.38. The van der Waals surface area contributed by atoms with E-state index in [2.05, 4.69) is 13.0 Å². The normalized spacial score (nSPS) is 12.5. The zero-order chi connectivity index (χ0) is 10.1. The molecule has 0 unspecified atom stereocenters. The van der Waals surface area contributed by atoms with Gasteiger partial charge >= 0.3 is 0 Å². The molecule has 0 aromatic rings. The standard InChI is InChI=1S/C11H22O2/c1-10(2)13-9-7-11(3)6-4-5-8-12/h6,10,12H,4-5,7-9H2,1-3H3/b11-6+. The van der Waals surface area contributed by atoms with E-state index in [9.17, 15) is 0 Å². The van der Waals surface area contributed by atoms with Crippen molar-refractivity contribution in [2.24, 2.45) is 0 Å². The number of aliphatic hydroxyl groups is 1. The van der Waals surface area contributed by atoms with Crippen LogP contribution in [-0.2, 0) is 4.74 Å². The van der Waals surface area contributed by atoms with Gasteiger partial charge in [-0.3, -0.25) is 0 Å². The molecule has 0 aromatic carbocycles. The maximum absolute atomic E-state index is 8.57. The van der Waals surface area contributed by atoms with E-state index in [1.54, 1.807) is 0 Å². The minimum Gasteiger partial charge on any atom is -0.396 e. The van der Waals surface area contributed by atoms with E-state index in [0.29, 0.717) is 6.10 Å². The van der Waals surface area contributed by atoms with E-state index in [1.807, 2.05) is 13.8 Å². The molecule has 0 saturated heterocycles. The monoisotopic (exact) mass is 186 g/mol. The SMILES string of the molecule is C/C(=C\CCCO)CCOC(C)C. The lowest BCUT2D eigenvalue weighted by molar-refractivity contribution is 0.0813. The summed E-state index contributed by atoms with van der Waals surface area (Å²) in [5.74, 6) is 0. The van der Waals surface area contributed by atoms with Gasteiger partial charge in [0.1, 0.15) is 0 Å². The largest absolute Gasteiger partial charge is 0.396 e. The fraction of sp³-hybridized carbons (Fsp3) is 0.818. The zero-order valence-electron chi connectivity index (χ0n) is 9.05. The second-order valence-corrected chi connectivity index (χ2v) is 3.59. The zero-order valence-corrected chi connectivity index (χ0v) is 9.05. The van der Waals surface area contributed by atoms with Crippen molar-refractivity contribution < 1.29 is 9.84 Å². The van der Waals surface area contributed by atoms with Crippen LogP contribution >= 0.6 is 0 Å². The van der Waals surface area contributed by atoms with E-state index in [-0.39, 0.29) is 6.61 Å². The summed E-state index contributed by atoms with van der Waals surface area (Å²) in [6.07, 6.45) is 5.35. The van der Waals surface area contributed by atoms with Crippen LogP contribution in [0.4, 0.5) is 0 Å². The van der Waals surface area contributed by atoms with Gasteiger partial charge in [0.2, 0.25) is 0 Å². The van der Waals surface area contributed by atoms with Crippen LogP contribution in [0.2, 0.25) is 0 Å². The van der Waals surface area contributed by atoms with Crippen LogP contribution in [0, 0.1) is 0 Å². The van der Waals surface area contributed by atoms with Crippen LogP contribution in [0.15, 0.2) is 11.6 Å². The summed E-state index contributed by atoms with van der Waals surface area (Å²) in [5, 5.41) is 8.57. The van der Waals surface area contributed by atoms with Crippen LogP contribution in [0.3, 0.4) is 0 Å². The van der Waals surface area contributed by atoms with Gasteiger partial charge in [-0.05, 0) is 40.0 Å². The molecule has 0 aromatic heterocycles. The average Bonchev–Trinajstić information content (AvgIpc) is 2.04. The molecule has 0 atom stereocenters. The third-order valence-corrected chi connectivity index (χ3v) is 1.80. The first-order valence-electron chi connectivity index (χ1n) is 5.05. The lowest BCUT2D eigenvalue weighted by atomic mass is 10.1. The third-order valence-electron chi connectivity index (χ3n) is 1.80. The summed E-state index contributed by atoms with van der Waals surface area (Å²) >= 11 is 0. The quantitative estimate of drug-likeness (QED) is 0.489. The van der Waals surface area contributed by atoms with E-state index >= 15 is 0 Å². The number of rotatable bonds is 7. The molecule has 0 spiro atoms. The third kappa shape index (κ3) is 9.57. The van der Waals surface area contributed by atoms with Gasteiger partial charge in [0, 0.05) is 6.61 Å². The number of unbranched alkanes of at least 4 members (excludes halogenated alkanes) is 1. The summed E-state index contributed by atoms with van der Waals surface area (Å²) in [5.41, 5.74) is 1.36. The van der Waals surface area contributed by atoms with Gasteiger partial charge in [-0.25, -0.2) is 0 Å². The summed E-state index contributed by atoms with van der Waals surface area (Å²) < 4.78 is 5.43. The predicted octanol–water partition coefficient (Wildman–Crippen LogP) is 2.52. The number of ether oxygens (including phenoxy) is 1. The molecule has 0 saturated carbocycles. The van der Waals surface area contributed by atoms with Gasteiger partial charge in [0.15, 0.2) is 0 Å². The second kappa shape index (κ2) is 8.27. The predicted molar refractivity (Wildman–Crippen MR) is 55.8 cm³/mol. The minimum atomic E-state index is 0.284. The highest BCUT2D eigenvalue weighted by molar-refractivity contribution is 4.97. The topological polar surface area (TPSA) is 29.5 Å². The first-order valence-corrected chi connectivity index (χ1v) is 5.05. The Morgan fingerprint density at radius 3 is 2.69 bits per heavy atom. The fourth-order valence-electron chi connectivity index (χ4n) is 0.997. The molecule has 2 heteroatoms. The molecule has 0 aliphatic carbocycles. The molecule has 0 heterocycles. The maximum atomic E-state index is 8.57. The lowest BCUT2D eigenvalue weighted by Crippen LogP contribution is -2.03. The van der Waals surface area contributed by atoms with Crippen LogP contribution < -0.4 is 0 Å². The van der Waals surface area contributed by atoms with Crippen molar-refractivity contribution in [3.8, 4) is 0 Å². The maximum Gasteiger partial charge on any atom is 0.0519 e. The number of hydrogen-bond donors (Lipinski definition) is 1. The van der Waals surface area contributed by atoms with Crippen LogP contribution in [0.1, 0.15) is 40.0 Å². The van der Waals surface area contributed by atoms with Crippen LogP contribution in [-0.4, -0.2) is 24.4 Å². The summed E-state index contributed by atoms with van der Waals surface area (Å²) in [7, 11) is 0. The van der Waals surface area contributed by atoms with Gasteiger partial charge in [-0.15, -0.1) is 0 Å². The minimum absolute atomic E-state index is 0.284. The van der Waals surface area contributed by atoms with Crippen molar-refractivity contribution in [1.82, 2.24) is 0 Å². The Morgan fingerprint density at radius 2 is 2.15 bits per heavy atom. The lowest BCUT2D eigenvalue weighted by Gasteiger charge is -2.07. The van der Waals surface area contributed by atoms with Gasteiger partial charge in [0.05, 0.1) is 12.7 Å². The van der Waals surface area contributed by atoms with Crippen molar-refractivity contribution in [2.75, 3.05) is 13.2 Å². The molecule has 0 rings (SSSR count). The molecular weight excluding hydrogens is 164 g/mol. The van der Waals surface area contributed by atoms with Gasteiger partial charge < -0.3 is 9.84 Å². The van der Waals surface area contributed by atoms with E-state index in [0.717, 1.165) is 25.9 Å². The molecule has 0 aliphatic heterocycles. The van der Waals surface area contributed by atoms with E-state index in [1.165, 1.54) is 5.57 Å².